The van der Waals surface area contributed by atoms with E-state index in [4.69, 9.17) is 15.4 Å². The normalized spacial score (nSPS) is 11.3. The van der Waals surface area contributed by atoms with Crippen molar-refractivity contribution in [3.05, 3.63) is 54.0 Å². The Hall–Kier alpha value is -2.76. The van der Waals surface area contributed by atoms with Gasteiger partial charge >= 0.3 is 0 Å². The van der Waals surface area contributed by atoms with Gasteiger partial charge in [-0.3, -0.25) is 4.79 Å². The number of oxime groups is 1. The number of hydrogen-bond donors (Lipinski definition) is 2. The zero-order chi connectivity index (χ0) is 13.8. The molecule has 1 amide bonds. The molecule has 2 rings (SSSR count). The first kappa shape index (κ1) is 12.7. The third-order valence-electron chi connectivity index (χ3n) is 2.69. The van der Waals surface area contributed by atoms with Crippen molar-refractivity contribution in [1.82, 2.24) is 0 Å². The van der Waals surface area contributed by atoms with Crippen LogP contribution in [0.1, 0.15) is 16.1 Å². The highest BCUT2D eigenvalue weighted by atomic mass is 16.4. The van der Waals surface area contributed by atoms with Crippen molar-refractivity contribution in [3.63, 3.8) is 0 Å². The van der Waals surface area contributed by atoms with E-state index in [1.165, 1.54) is 11.2 Å². The number of nitrogens with two attached hydrogens (primary N) is 1. The van der Waals surface area contributed by atoms with Crippen LogP contribution in [-0.2, 0) is 0 Å². The van der Waals surface area contributed by atoms with E-state index in [-0.39, 0.29) is 17.5 Å². The molecule has 0 saturated carbocycles. The van der Waals surface area contributed by atoms with Gasteiger partial charge in [-0.15, -0.1) is 0 Å². The Morgan fingerprint density at radius 3 is 2.53 bits per heavy atom. The monoisotopic (exact) mass is 259 g/mol. The smallest absolute Gasteiger partial charge is 0.293 e. The van der Waals surface area contributed by atoms with Gasteiger partial charge in [0, 0.05) is 18.3 Å². The zero-order valence-electron chi connectivity index (χ0n) is 10.3. The molecule has 1 aromatic carbocycles. The van der Waals surface area contributed by atoms with E-state index >= 15 is 0 Å². The first-order chi connectivity index (χ1) is 9.13. The van der Waals surface area contributed by atoms with Crippen molar-refractivity contribution in [2.45, 2.75) is 0 Å². The summed E-state index contributed by atoms with van der Waals surface area (Å²) in [5.41, 5.74) is 6.71. The first-order valence-corrected chi connectivity index (χ1v) is 5.53. The fourth-order valence-electron chi connectivity index (χ4n) is 1.60. The van der Waals surface area contributed by atoms with E-state index in [0.717, 1.165) is 0 Å². The minimum atomic E-state index is -0.249. The molecule has 1 aromatic heterocycles. The van der Waals surface area contributed by atoms with Crippen LogP contribution in [-0.4, -0.2) is 24.0 Å². The molecule has 0 spiro atoms. The quantitative estimate of drug-likeness (QED) is 0.379. The maximum absolute atomic E-state index is 12.0. The molecule has 0 bridgehead atoms. The molecule has 0 aliphatic carbocycles. The maximum atomic E-state index is 12.0. The second-order valence-corrected chi connectivity index (χ2v) is 3.87. The highest BCUT2D eigenvalue weighted by Crippen LogP contribution is 2.16. The molecule has 0 aliphatic heterocycles. The van der Waals surface area contributed by atoms with Crippen LogP contribution in [0.5, 0.6) is 0 Å². The number of anilines is 1. The van der Waals surface area contributed by atoms with Crippen LogP contribution >= 0.6 is 0 Å². The lowest BCUT2D eigenvalue weighted by atomic mass is 10.2. The molecular formula is C13H13N3O3. The molecule has 6 nitrogen and oxygen atoms in total. The molecule has 0 atom stereocenters. The molecular weight excluding hydrogens is 246 g/mol. The second-order valence-electron chi connectivity index (χ2n) is 3.87. The van der Waals surface area contributed by atoms with Gasteiger partial charge in [-0.2, -0.15) is 0 Å². The molecule has 0 aliphatic rings. The average Bonchev–Trinajstić information content (AvgIpc) is 2.99. The zero-order valence-corrected chi connectivity index (χ0v) is 10.3. The molecule has 19 heavy (non-hydrogen) atoms. The average molecular weight is 259 g/mol. The van der Waals surface area contributed by atoms with E-state index in [1.807, 2.05) is 0 Å². The van der Waals surface area contributed by atoms with Gasteiger partial charge in [0.05, 0.1) is 6.26 Å². The van der Waals surface area contributed by atoms with Crippen molar-refractivity contribution in [2.75, 3.05) is 11.9 Å². The van der Waals surface area contributed by atoms with Crippen LogP contribution in [0.2, 0.25) is 0 Å². The van der Waals surface area contributed by atoms with Gasteiger partial charge in [0.25, 0.3) is 5.91 Å². The van der Waals surface area contributed by atoms with E-state index < -0.39 is 0 Å². The van der Waals surface area contributed by atoms with Crippen LogP contribution in [0.3, 0.4) is 0 Å². The Balaban J connectivity index is 2.20. The van der Waals surface area contributed by atoms with Crippen LogP contribution in [0.4, 0.5) is 5.69 Å². The van der Waals surface area contributed by atoms with Crippen LogP contribution in [0, 0.1) is 0 Å². The standard InChI is InChI=1S/C13H13N3O3/c1-16(13(17)11-3-2-8-19-11)10-6-4-9(5-7-10)12(14)15-18/h2-8,18H,1H3,(H2,14,15). The number of amides is 1. The molecule has 6 heteroatoms. The number of hydrogen-bond acceptors (Lipinski definition) is 4. The van der Waals surface area contributed by atoms with Gasteiger partial charge in [0.2, 0.25) is 0 Å². The van der Waals surface area contributed by atoms with E-state index in [1.54, 1.807) is 43.4 Å². The summed E-state index contributed by atoms with van der Waals surface area (Å²) < 4.78 is 5.05. The second kappa shape index (κ2) is 5.26. The molecule has 0 unspecified atom stereocenters. The van der Waals surface area contributed by atoms with E-state index in [9.17, 15) is 4.79 Å². The van der Waals surface area contributed by atoms with Crippen molar-refractivity contribution >= 4 is 17.4 Å². The predicted molar refractivity (Wildman–Crippen MR) is 70.4 cm³/mol. The molecule has 2 aromatic rings. The Morgan fingerprint density at radius 1 is 1.32 bits per heavy atom. The third kappa shape index (κ3) is 2.57. The predicted octanol–water partition coefficient (Wildman–Crippen LogP) is 1.65. The highest BCUT2D eigenvalue weighted by molar-refractivity contribution is 6.04. The summed E-state index contributed by atoms with van der Waals surface area (Å²) in [5, 5.41) is 11.5. The summed E-state index contributed by atoms with van der Waals surface area (Å²) in [6.45, 7) is 0. The van der Waals surface area contributed by atoms with Gasteiger partial charge in [-0.05, 0) is 36.4 Å². The number of carbonyl (C=O) groups is 1. The van der Waals surface area contributed by atoms with Crippen molar-refractivity contribution in [1.29, 1.82) is 0 Å². The summed E-state index contributed by atoms with van der Waals surface area (Å²) in [5.74, 6) is 0.0381. The molecule has 0 radical (unpaired) electrons. The fraction of sp³-hybridized carbons (Fsp3) is 0.0769. The summed E-state index contributed by atoms with van der Waals surface area (Å²) in [4.78, 5) is 13.5. The minimum absolute atomic E-state index is 0.0200. The molecule has 1 heterocycles. The largest absolute Gasteiger partial charge is 0.459 e. The van der Waals surface area contributed by atoms with Crippen LogP contribution in [0.15, 0.2) is 52.2 Å². The number of furan rings is 1. The van der Waals surface area contributed by atoms with E-state index in [0.29, 0.717) is 11.3 Å². The van der Waals surface area contributed by atoms with Crippen LogP contribution in [0.25, 0.3) is 0 Å². The fourth-order valence-corrected chi connectivity index (χ4v) is 1.60. The molecule has 98 valence electrons. The Kier molecular flexibility index (Phi) is 3.51. The number of nitrogens with zero attached hydrogens (tertiary/aromatic N) is 2. The van der Waals surface area contributed by atoms with Gasteiger partial charge in [-0.1, -0.05) is 5.16 Å². The summed E-state index contributed by atoms with van der Waals surface area (Å²) in [7, 11) is 1.64. The van der Waals surface area contributed by atoms with E-state index in [2.05, 4.69) is 5.16 Å². The molecule has 0 fully saturated rings. The third-order valence-corrected chi connectivity index (χ3v) is 2.69. The van der Waals surface area contributed by atoms with Crippen molar-refractivity contribution in [3.8, 4) is 0 Å². The Bertz CT molecular complexity index is 588. The lowest BCUT2D eigenvalue weighted by Crippen LogP contribution is -2.25. The van der Waals surface area contributed by atoms with Crippen molar-refractivity contribution < 1.29 is 14.4 Å². The van der Waals surface area contributed by atoms with Gasteiger partial charge in [0.1, 0.15) is 0 Å². The summed E-state index contributed by atoms with van der Waals surface area (Å²) in [6, 6.07) is 9.99. The van der Waals surface area contributed by atoms with Gasteiger partial charge in [-0.25, -0.2) is 0 Å². The van der Waals surface area contributed by atoms with Gasteiger partial charge in [0.15, 0.2) is 11.6 Å². The number of rotatable bonds is 3. The lowest BCUT2D eigenvalue weighted by molar-refractivity contribution is 0.0966. The number of benzene rings is 1. The SMILES string of the molecule is CN(C(=O)c1ccco1)c1ccc(C(N)=NO)cc1. The lowest BCUT2D eigenvalue weighted by Gasteiger charge is -2.16. The minimum Gasteiger partial charge on any atom is -0.459 e. The summed E-state index contributed by atoms with van der Waals surface area (Å²) in [6.07, 6.45) is 1.45. The summed E-state index contributed by atoms with van der Waals surface area (Å²) >= 11 is 0. The van der Waals surface area contributed by atoms with Crippen molar-refractivity contribution in [2.24, 2.45) is 10.9 Å². The first-order valence-electron chi connectivity index (χ1n) is 5.53. The Morgan fingerprint density at radius 2 is 2.00 bits per heavy atom. The molecule has 0 saturated heterocycles. The van der Waals surface area contributed by atoms with Gasteiger partial charge < -0.3 is 20.3 Å². The number of amidine groups is 1. The maximum Gasteiger partial charge on any atom is 0.293 e. The highest BCUT2D eigenvalue weighted by Gasteiger charge is 2.15. The number of carbonyl (C=O) groups excluding carboxylic acids is 1. The van der Waals surface area contributed by atoms with Crippen LogP contribution < -0.4 is 10.6 Å². The Labute approximate surface area is 109 Å². The molecule has 3 N–H and O–H groups in total. The topological polar surface area (TPSA) is 92.1 Å².